The maximum atomic E-state index is 5.48. The molecule has 0 aliphatic heterocycles. The Morgan fingerprint density at radius 1 is 0.393 bits per heavy atom. The molecule has 28 heavy (non-hydrogen) atoms. The Labute approximate surface area is 182 Å². The second-order valence-electron chi connectivity index (χ2n) is 8.55. The van der Waals surface area contributed by atoms with Crippen molar-refractivity contribution in [2.24, 2.45) is 0 Å². The van der Waals surface area contributed by atoms with Gasteiger partial charge >= 0.3 is 0 Å². The largest absolute Gasteiger partial charge is 0.420 e. The minimum absolute atomic E-state index is 0.692. The van der Waals surface area contributed by atoms with Gasteiger partial charge in [0.15, 0.2) is 9.04 Å². The molecule has 0 saturated heterocycles. The average molecular weight is 415 g/mol. The number of hydrogen-bond acceptors (Lipinski definition) is 1. The highest BCUT2D eigenvalue weighted by molar-refractivity contribution is 6.51. The average Bonchev–Trinajstić information content (AvgIpc) is 2.72. The van der Waals surface area contributed by atoms with E-state index in [-0.39, 0.29) is 0 Å². The van der Waals surface area contributed by atoms with Gasteiger partial charge in [0.05, 0.1) is 0 Å². The van der Waals surface area contributed by atoms with Crippen LogP contribution in [0.15, 0.2) is 0 Å². The lowest BCUT2D eigenvalue weighted by Crippen LogP contribution is -2.14. The van der Waals surface area contributed by atoms with Gasteiger partial charge in [-0.15, -0.1) is 0 Å². The molecule has 0 fully saturated rings. The summed E-state index contributed by atoms with van der Waals surface area (Å²) < 4.78 is 5.48. The van der Waals surface area contributed by atoms with E-state index in [0.717, 1.165) is 6.61 Å². The number of rotatable bonds is 21. The van der Waals surface area contributed by atoms with Gasteiger partial charge in [0.2, 0.25) is 0 Å². The molecule has 1 nitrogen and oxygen atoms in total. The van der Waals surface area contributed by atoms with Crippen molar-refractivity contribution in [3.63, 3.8) is 0 Å². The molecule has 0 amide bonds. The Hall–Kier alpha value is 0.177. The lowest BCUT2D eigenvalue weighted by atomic mass is 10.0. The van der Waals surface area contributed by atoms with Crippen LogP contribution in [-0.2, 0) is 4.43 Å². The van der Waals surface area contributed by atoms with Crippen molar-refractivity contribution < 1.29 is 4.43 Å². The molecule has 172 valence electrons. The molecule has 0 saturated carbocycles. The summed E-state index contributed by atoms with van der Waals surface area (Å²) in [6, 6.07) is 2.56. The summed E-state index contributed by atoms with van der Waals surface area (Å²) in [6.07, 6.45) is 26.4. The van der Waals surface area contributed by atoms with E-state index in [9.17, 15) is 0 Å². The SMILES string of the molecule is CCCCCCCCCCCCCCCCCCCC.CCO[SiH](CC)CC. The minimum Gasteiger partial charge on any atom is -0.420 e. The fourth-order valence-corrected chi connectivity index (χ4v) is 5.26. The third kappa shape index (κ3) is 28.4. The summed E-state index contributed by atoms with van der Waals surface area (Å²) >= 11 is 0. The molecule has 0 aliphatic rings. The van der Waals surface area contributed by atoms with Gasteiger partial charge < -0.3 is 4.43 Å². The van der Waals surface area contributed by atoms with E-state index in [1.807, 2.05) is 0 Å². The maximum absolute atomic E-state index is 5.48. The topological polar surface area (TPSA) is 9.23 Å². The second-order valence-corrected chi connectivity index (χ2v) is 11.8. The van der Waals surface area contributed by atoms with Gasteiger partial charge in [-0.3, -0.25) is 0 Å². The van der Waals surface area contributed by atoms with Crippen LogP contribution in [0.25, 0.3) is 0 Å². The molecule has 0 radical (unpaired) electrons. The van der Waals surface area contributed by atoms with Gasteiger partial charge in [-0.1, -0.05) is 143 Å². The van der Waals surface area contributed by atoms with E-state index in [1.54, 1.807) is 0 Å². The van der Waals surface area contributed by atoms with Crippen molar-refractivity contribution in [3.8, 4) is 0 Å². The Bertz CT molecular complexity index is 223. The van der Waals surface area contributed by atoms with E-state index in [4.69, 9.17) is 4.43 Å². The first kappa shape index (κ1) is 30.4. The lowest BCUT2D eigenvalue weighted by Gasteiger charge is -2.08. The molecule has 0 unspecified atom stereocenters. The van der Waals surface area contributed by atoms with Crippen molar-refractivity contribution in [2.45, 2.75) is 162 Å². The summed E-state index contributed by atoms with van der Waals surface area (Å²) in [7, 11) is -0.692. The van der Waals surface area contributed by atoms with Gasteiger partial charge in [-0.25, -0.2) is 0 Å². The van der Waals surface area contributed by atoms with Crippen LogP contribution < -0.4 is 0 Å². The Morgan fingerprint density at radius 3 is 0.786 bits per heavy atom. The Kier molecular flexibility index (Phi) is 31.9. The van der Waals surface area contributed by atoms with Crippen LogP contribution in [0, 0.1) is 0 Å². The molecule has 0 aliphatic carbocycles. The first-order valence-electron chi connectivity index (χ1n) is 13.4. The predicted octanol–water partition coefficient (Wildman–Crippen LogP) is 9.83. The van der Waals surface area contributed by atoms with Crippen LogP contribution in [-0.4, -0.2) is 15.6 Å². The van der Waals surface area contributed by atoms with Gasteiger partial charge in [-0.05, 0) is 19.0 Å². The van der Waals surface area contributed by atoms with E-state index in [2.05, 4.69) is 34.6 Å². The molecular formula is C26H58OSi. The third-order valence-corrected chi connectivity index (χ3v) is 8.40. The Morgan fingerprint density at radius 2 is 0.643 bits per heavy atom. The zero-order valence-electron chi connectivity index (χ0n) is 20.8. The fraction of sp³-hybridized carbons (Fsp3) is 1.00. The van der Waals surface area contributed by atoms with Gasteiger partial charge in [0, 0.05) is 6.61 Å². The monoisotopic (exact) mass is 414 g/mol. The van der Waals surface area contributed by atoms with Gasteiger partial charge in [0.1, 0.15) is 0 Å². The summed E-state index contributed by atoms with van der Waals surface area (Å²) in [4.78, 5) is 0. The van der Waals surface area contributed by atoms with Crippen LogP contribution in [0.3, 0.4) is 0 Å². The third-order valence-electron chi connectivity index (χ3n) is 5.77. The lowest BCUT2D eigenvalue weighted by molar-refractivity contribution is 0.343. The molecule has 0 heterocycles. The van der Waals surface area contributed by atoms with E-state index < -0.39 is 9.04 Å². The zero-order chi connectivity index (χ0) is 21.1. The van der Waals surface area contributed by atoms with Crippen molar-refractivity contribution in [2.75, 3.05) is 6.61 Å². The van der Waals surface area contributed by atoms with Crippen molar-refractivity contribution in [3.05, 3.63) is 0 Å². The molecule has 0 N–H and O–H groups in total. The standard InChI is InChI=1S/C20H42.C6H16OSi/c1-3-5-7-9-11-13-15-17-19-20-18-16-14-12-10-8-6-4-2;1-4-7-8(5-2)6-3/h3-20H2,1-2H3;8H,4-6H2,1-3H3. The first-order chi connectivity index (χ1) is 13.8. The molecule has 0 atom stereocenters. The number of hydrogen-bond donors (Lipinski definition) is 0. The van der Waals surface area contributed by atoms with Crippen LogP contribution in [0.5, 0.6) is 0 Å². The molecule has 2 heteroatoms. The minimum atomic E-state index is -0.692. The van der Waals surface area contributed by atoms with E-state index >= 15 is 0 Å². The summed E-state index contributed by atoms with van der Waals surface area (Å²) in [6.45, 7) is 12.0. The van der Waals surface area contributed by atoms with Crippen molar-refractivity contribution in [1.29, 1.82) is 0 Å². The predicted molar refractivity (Wildman–Crippen MR) is 134 cm³/mol. The summed E-state index contributed by atoms with van der Waals surface area (Å²) in [5.41, 5.74) is 0. The molecular weight excluding hydrogens is 356 g/mol. The summed E-state index contributed by atoms with van der Waals surface area (Å²) in [5, 5.41) is 0. The molecule has 0 rings (SSSR count). The Balaban J connectivity index is 0. The normalized spacial score (nSPS) is 10.9. The highest BCUT2D eigenvalue weighted by Crippen LogP contribution is 2.14. The molecule has 0 aromatic carbocycles. The smallest absolute Gasteiger partial charge is 0.176 e. The molecule has 0 bridgehead atoms. The van der Waals surface area contributed by atoms with Crippen molar-refractivity contribution in [1.82, 2.24) is 0 Å². The molecule has 0 aromatic heterocycles. The molecule has 0 spiro atoms. The first-order valence-corrected chi connectivity index (χ1v) is 15.5. The van der Waals surface area contributed by atoms with Gasteiger partial charge in [0.25, 0.3) is 0 Å². The maximum Gasteiger partial charge on any atom is 0.176 e. The van der Waals surface area contributed by atoms with E-state index in [1.165, 1.54) is 128 Å². The second kappa shape index (κ2) is 29.4. The van der Waals surface area contributed by atoms with Crippen LogP contribution in [0.1, 0.15) is 150 Å². The van der Waals surface area contributed by atoms with Crippen LogP contribution in [0.2, 0.25) is 12.1 Å². The summed E-state index contributed by atoms with van der Waals surface area (Å²) in [5.74, 6) is 0. The molecule has 0 aromatic rings. The van der Waals surface area contributed by atoms with E-state index in [0.29, 0.717) is 0 Å². The quantitative estimate of drug-likeness (QED) is 0.134. The fourth-order valence-electron chi connectivity index (χ4n) is 3.73. The van der Waals surface area contributed by atoms with Gasteiger partial charge in [-0.2, -0.15) is 0 Å². The number of unbranched alkanes of at least 4 members (excludes halogenated alkanes) is 17. The zero-order valence-corrected chi connectivity index (χ0v) is 22.0. The van der Waals surface area contributed by atoms with Crippen molar-refractivity contribution >= 4 is 9.04 Å². The van der Waals surface area contributed by atoms with Crippen LogP contribution >= 0.6 is 0 Å². The van der Waals surface area contributed by atoms with Crippen LogP contribution in [0.4, 0.5) is 0 Å². The highest BCUT2D eigenvalue weighted by Gasteiger charge is 2.02. The highest BCUT2D eigenvalue weighted by atomic mass is 28.3.